The average molecular weight is 337 g/mol. The summed E-state index contributed by atoms with van der Waals surface area (Å²) in [5, 5.41) is 4.39. The molecule has 1 aromatic rings. The standard InChI is InChI=1S/C17H28N4OS/c1-13-16(14(2)19(3)18-13)17(22)21-8-4-7-20(9-10-21)15-5-11-23-12-6-15/h15H,4-12H2,1-3H3. The highest BCUT2D eigenvalue weighted by Crippen LogP contribution is 2.23. The highest BCUT2D eigenvalue weighted by Gasteiger charge is 2.28. The number of nitrogens with zero attached hydrogens (tertiary/aromatic N) is 4. The smallest absolute Gasteiger partial charge is 0.257 e. The van der Waals surface area contributed by atoms with E-state index in [2.05, 4.69) is 21.8 Å². The lowest BCUT2D eigenvalue weighted by Crippen LogP contribution is -2.41. The highest BCUT2D eigenvalue weighted by molar-refractivity contribution is 7.99. The first-order valence-electron chi connectivity index (χ1n) is 8.69. The van der Waals surface area contributed by atoms with Crippen LogP contribution >= 0.6 is 11.8 Å². The van der Waals surface area contributed by atoms with Gasteiger partial charge in [-0.1, -0.05) is 0 Å². The van der Waals surface area contributed by atoms with E-state index in [1.165, 1.54) is 24.3 Å². The summed E-state index contributed by atoms with van der Waals surface area (Å²) in [7, 11) is 1.91. The van der Waals surface area contributed by atoms with Gasteiger partial charge < -0.3 is 4.90 Å². The van der Waals surface area contributed by atoms with Crippen LogP contribution in [0.5, 0.6) is 0 Å². The summed E-state index contributed by atoms with van der Waals surface area (Å²) in [5.41, 5.74) is 2.62. The molecule has 2 aliphatic rings. The fourth-order valence-electron chi connectivity index (χ4n) is 3.80. The van der Waals surface area contributed by atoms with Crippen LogP contribution in [0.3, 0.4) is 0 Å². The van der Waals surface area contributed by atoms with E-state index in [1.54, 1.807) is 0 Å². The fourth-order valence-corrected chi connectivity index (χ4v) is 4.88. The van der Waals surface area contributed by atoms with Gasteiger partial charge in [0.25, 0.3) is 5.91 Å². The van der Waals surface area contributed by atoms with Gasteiger partial charge in [0, 0.05) is 45.0 Å². The van der Waals surface area contributed by atoms with Crippen molar-refractivity contribution in [3.63, 3.8) is 0 Å². The van der Waals surface area contributed by atoms with E-state index >= 15 is 0 Å². The summed E-state index contributed by atoms with van der Waals surface area (Å²) in [4.78, 5) is 17.6. The maximum Gasteiger partial charge on any atom is 0.257 e. The zero-order valence-corrected chi connectivity index (χ0v) is 15.4. The lowest BCUT2D eigenvalue weighted by molar-refractivity contribution is 0.0756. The van der Waals surface area contributed by atoms with Crippen molar-refractivity contribution in [1.29, 1.82) is 0 Å². The lowest BCUT2D eigenvalue weighted by Gasteiger charge is -2.33. The fraction of sp³-hybridized carbons (Fsp3) is 0.765. The van der Waals surface area contributed by atoms with E-state index in [9.17, 15) is 4.79 Å². The second kappa shape index (κ2) is 7.26. The minimum atomic E-state index is 0.161. The van der Waals surface area contributed by atoms with Crippen molar-refractivity contribution < 1.29 is 4.79 Å². The normalized spacial score (nSPS) is 21.4. The molecular weight excluding hydrogens is 308 g/mol. The lowest BCUT2D eigenvalue weighted by atomic mass is 10.1. The van der Waals surface area contributed by atoms with Gasteiger partial charge in [-0.25, -0.2) is 0 Å². The molecule has 2 aliphatic heterocycles. The van der Waals surface area contributed by atoms with Crippen molar-refractivity contribution in [2.24, 2.45) is 7.05 Å². The third-order valence-electron chi connectivity index (χ3n) is 5.25. The van der Waals surface area contributed by atoms with Gasteiger partial charge in [0.15, 0.2) is 0 Å². The van der Waals surface area contributed by atoms with Crippen LogP contribution in [0.4, 0.5) is 0 Å². The molecule has 0 bridgehead atoms. The number of hydrogen-bond donors (Lipinski definition) is 0. The van der Waals surface area contributed by atoms with E-state index in [-0.39, 0.29) is 5.91 Å². The van der Waals surface area contributed by atoms with Crippen molar-refractivity contribution >= 4 is 17.7 Å². The summed E-state index contributed by atoms with van der Waals surface area (Å²) in [6.45, 7) is 7.77. The summed E-state index contributed by atoms with van der Waals surface area (Å²) in [6.07, 6.45) is 3.69. The van der Waals surface area contributed by atoms with Crippen LogP contribution in [0, 0.1) is 13.8 Å². The Bertz CT molecular complexity index is 565. The Morgan fingerprint density at radius 2 is 1.87 bits per heavy atom. The Kier molecular flexibility index (Phi) is 5.31. The number of aromatic nitrogens is 2. The summed E-state index contributed by atoms with van der Waals surface area (Å²) in [5.74, 6) is 2.74. The third-order valence-corrected chi connectivity index (χ3v) is 6.30. The van der Waals surface area contributed by atoms with Crippen LogP contribution in [0.2, 0.25) is 0 Å². The van der Waals surface area contributed by atoms with Gasteiger partial charge in [-0.2, -0.15) is 16.9 Å². The van der Waals surface area contributed by atoms with E-state index in [0.717, 1.165) is 55.6 Å². The molecule has 0 unspecified atom stereocenters. The molecule has 6 heteroatoms. The van der Waals surface area contributed by atoms with Crippen molar-refractivity contribution in [1.82, 2.24) is 19.6 Å². The zero-order chi connectivity index (χ0) is 16.4. The molecule has 3 rings (SSSR count). The van der Waals surface area contributed by atoms with E-state index in [1.807, 2.05) is 30.5 Å². The Morgan fingerprint density at radius 3 is 2.52 bits per heavy atom. The van der Waals surface area contributed by atoms with E-state index in [0.29, 0.717) is 0 Å². The second-order valence-electron chi connectivity index (χ2n) is 6.69. The Hall–Kier alpha value is -1.01. The predicted octanol–water partition coefficient (Wildman–Crippen LogP) is 2.08. The summed E-state index contributed by atoms with van der Waals surface area (Å²) < 4.78 is 1.81. The first kappa shape index (κ1) is 16.8. The number of aryl methyl sites for hydroxylation is 2. The van der Waals surface area contributed by atoms with Gasteiger partial charge in [-0.3, -0.25) is 14.4 Å². The summed E-state index contributed by atoms with van der Waals surface area (Å²) >= 11 is 2.08. The van der Waals surface area contributed by atoms with Crippen molar-refractivity contribution in [2.45, 2.75) is 39.2 Å². The van der Waals surface area contributed by atoms with Crippen LogP contribution < -0.4 is 0 Å². The van der Waals surface area contributed by atoms with Crippen LogP contribution in [0.1, 0.15) is 41.0 Å². The topological polar surface area (TPSA) is 41.4 Å². The predicted molar refractivity (Wildman–Crippen MR) is 95.1 cm³/mol. The molecule has 2 fully saturated rings. The number of carbonyl (C=O) groups excluding carboxylic acids is 1. The van der Waals surface area contributed by atoms with Crippen molar-refractivity contribution in [3.8, 4) is 0 Å². The molecule has 0 aromatic carbocycles. The number of thioether (sulfide) groups is 1. The van der Waals surface area contributed by atoms with E-state index < -0.39 is 0 Å². The monoisotopic (exact) mass is 336 g/mol. The number of carbonyl (C=O) groups is 1. The minimum Gasteiger partial charge on any atom is -0.337 e. The summed E-state index contributed by atoms with van der Waals surface area (Å²) in [6, 6.07) is 0.730. The molecule has 0 spiro atoms. The third kappa shape index (κ3) is 3.58. The van der Waals surface area contributed by atoms with Gasteiger partial charge in [0.1, 0.15) is 0 Å². The van der Waals surface area contributed by atoms with Crippen LogP contribution in [-0.4, -0.2) is 69.2 Å². The van der Waals surface area contributed by atoms with Gasteiger partial charge in [0.2, 0.25) is 0 Å². The molecular formula is C17H28N4OS. The van der Waals surface area contributed by atoms with Crippen LogP contribution in [0.15, 0.2) is 0 Å². The molecule has 23 heavy (non-hydrogen) atoms. The quantitative estimate of drug-likeness (QED) is 0.829. The van der Waals surface area contributed by atoms with Crippen molar-refractivity contribution in [3.05, 3.63) is 17.0 Å². The average Bonchev–Trinajstić information content (AvgIpc) is 2.75. The molecule has 1 amide bonds. The van der Waals surface area contributed by atoms with Gasteiger partial charge in [0.05, 0.1) is 11.3 Å². The first-order valence-corrected chi connectivity index (χ1v) is 9.84. The molecule has 128 valence electrons. The maximum absolute atomic E-state index is 12.9. The Labute approximate surface area is 143 Å². The molecule has 3 heterocycles. The van der Waals surface area contributed by atoms with Gasteiger partial charge >= 0.3 is 0 Å². The minimum absolute atomic E-state index is 0.161. The second-order valence-corrected chi connectivity index (χ2v) is 7.92. The van der Waals surface area contributed by atoms with Crippen molar-refractivity contribution in [2.75, 3.05) is 37.7 Å². The molecule has 0 atom stereocenters. The molecule has 0 radical (unpaired) electrons. The SMILES string of the molecule is Cc1nn(C)c(C)c1C(=O)N1CCCN(C2CCSCC2)CC1. The zero-order valence-electron chi connectivity index (χ0n) is 14.5. The first-order chi connectivity index (χ1) is 11.1. The van der Waals surface area contributed by atoms with Gasteiger partial charge in [-0.05, 0) is 44.6 Å². The Morgan fingerprint density at radius 1 is 1.13 bits per heavy atom. The maximum atomic E-state index is 12.9. The molecule has 0 aliphatic carbocycles. The molecule has 1 aromatic heterocycles. The largest absolute Gasteiger partial charge is 0.337 e. The van der Waals surface area contributed by atoms with Crippen LogP contribution in [0.25, 0.3) is 0 Å². The molecule has 0 N–H and O–H groups in total. The molecule has 0 saturated carbocycles. The van der Waals surface area contributed by atoms with Crippen LogP contribution in [-0.2, 0) is 7.05 Å². The molecule has 5 nitrogen and oxygen atoms in total. The number of rotatable bonds is 2. The van der Waals surface area contributed by atoms with Gasteiger partial charge in [-0.15, -0.1) is 0 Å². The Balaban J connectivity index is 1.66. The number of hydrogen-bond acceptors (Lipinski definition) is 4. The van der Waals surface area contributed by atoms with E-state index in [4.69, 9.17) is 0 Å². The molecule has 2 saturated heterocycles. The highest BCUT2D eigenvalue weighted by atomic mass is 32.2. The number of amides is 1.